The molecule has 2 rings (SSSR count). The summed E-state index contributed by atoms with van der Waals surface area (Å²) in [5, 5.41) is 17.4. The summed E-state index contributed by atoms with van der Waals surface area (Å²) in [6, 6.07) is -1.34. The van der Waals surface area contributed by atoms with Crippen LogP contribution in [0.2, 0.25) is 0 Å². The molecule has 1 saturated heterocycles. The van der Waals surface area contributed by atoms with E-state index in [1.165, 1.54) is 0 Å². The second-order valence-electron chi connectivity index (χ2n) is 3.91. The maximum atomic E-state index is 13.0. The Morgan fingerprint density at radius 1 is 1.27 bits per heavy atom. The quantitative estimate of drug-likeness (QED) is 0.683. The number of aliphatic carboxylic acids is 1. The topological polar surface area (TPSA) is 77.8 Å². The molecule has 15 heavy (non-hydrogen) atoms. The SMILES string of the molecule is O=C(O)C1CC2C(CN1C(=O)O)C2(F)F. The highest BCUT2D eigenvalue weighted by Crippen LogP contribution is 2.60. The Kier molecular flexibility index (Phi) is 1.89. The molecule has 5 nitrogen and oxygen atoms in total. The van der Waals surface area contributed by atoms with Crippen molar-refractivity contribution in [1.82, 2.24) is 4.90 Å². The Bertz CT molecular complexity index is 303. The van der Waals surface area contributed by atoms with Gasteiger partial charge in [0.15, 0.2) is 0 Å². The average Bonchev–Trinajstić information content (AvgIpc) is 2.67. The van der Waals surface area contributed by atoms with Gasteiger partial charge in [0.25, 0.3) is 5.92 Å². The lowest BCUT2D eigenvalue weighted by molar-refractivity contribution is -0.143. The monoisotopic (exact) mass is 221 g/mol. The normalized spacial score (nSPS) is 36.9. The smallest absolute Gasteiger partial charge is 0.408 e. The van der Waals surface area contributed by atoms with Crippen LogP contribution in [0.5, 0.6) is 0 Å². The number of nitrogens with zero attached hydrogens (tertiary/aromatic N) is 1. The highest BCUT2D eigenvalue weighted by molar-refractivity contribution is 5.79. The molecule has 3 unspecified atom stereocenters. The Hall–Kier alpha value is -1.40. The number of amides is 1. The molecular formula is C8H9F2NO4. The van der Waals surface area contributed by atoms with E-state index in [4.69, 9.17) is 10.2 Å². The van der Waals surface area contributed by atoms with E-state index in [0.717, 1.165) is 0 Å². The summed E-state index contributed by atoms with van der Waals surface area (Å²) in [6.07, 6.45) is -1.75. The van der Waals surface area contributed by atoms with Crippen LogP contribution in [0.25, 0.3) is 0 Å². The van der Waals surface area contributed by atoms with Crippen molar-refractivity contribution in [3.05, 3.63) is 0 Å². The third-order valence-electron chi connectivity index (χ3n) is 3.14. The average molecular weight is 221 g/mol. The molecule has 2 aliphatic rings. The lowest BCUT2D eigenvalue weighted by Gasteiger charge is -2.28. The number of carbonyl (C=O) groups is 2. The molecule has 0 aromatic rings. The van der Waals surface area contributed by atoms with Gasteiger partial charge in [0.05, 0.1) is 0 Å². The van der Waals surface area contributed by atoms with Crippen molar-refractivity contribution < 1.29 is 28.6 Å². The second kappa shape index (κ2) is 2.80. The minimum Gasteiger partial charge on any atom is -0.480 e. The number of rotatable bonds is 1. The molecule has 0 radical (unpaired) electrons. The fourth-order valence-electron chi connectivity index (χ4n) is 2.18. The van der Waals surface area contributed by atoms with Crippen LogP contribution >= 0.6 is 0 Å². The van der Waals surface area contributed by atoms with Crippen LogP contribution in [0.3, 0.4) is 0 Å². The van der Waals surface area contributed by atoms with Gasteiger partial charge in [-0.3, -0.25) is 4.90 Å². The summed E-state index contributed by atoms with van der Waals surface area (Å²) in [5.74, 6) is -6.21. The van der Waals surface area contributed by atoms with E-state index < -0.39 is 35.9 Å². The van der Waals surface area contributed by atoms with Crippen LogP contribution < -0.4 is 0 Å². The van der Waals surface area contributed by atoms with Crippen molar-refractivity contribution in [1.29, 1.82) is 0 Å². The highest BCUT2D eigenvalue weighted by atomic mass is 19.3. The summed E-state index contributed by atoms with van der Waals surface area (Å²) < 4.78 is 25.9. The van der Waals surface area contributed by atoms with E-state index in [1.807, 2.05) is 0 Å². The lowest BCUT2D eigenvalue weighted by Crippen LogP contribution is -2.48. The molecule has 0 bridgehead atoms. The molecule has 7 heteroatoms. The first-order valence-electron chi connectivity index (χ1n) is 4.46. The number of likely N-dealkylation sites (tertiary alicyclic amines) is 1. The molecule has 1 aliphatic carbocycles. The Morgan fingerprint density at radius 3 is 2.33 bits per heavy atom. The molecule has 3 atom stereocenters. The van der Waals surface area contributed by atoms with Gasteiger partial charge in [-0.15, -0.1) is 0 Å². The van der Waals surface area contributed by atoms with Gasteiger partial charge in [0.1, 0.15) is 6.04 Å². The number of halogens is 2. The first-order valence-corrected chi connectivity index (χ1v) is 4.46. The first kappa shape index (κ1) is 10.1. The van der Waals surface area contributed by atoms with Gasteiger partial charge in [-0.05, 0) is 6.42 Å². The number of alkyl halides is 2. The summed E-state index contributed by atoms with van der Waals surface area (Å²) in [6.45, 7) is -0.385. The summed E-state index contributed by atoms with van der Waals surface area (Å²) in [5.41, 5.74) is 0. The second-order valence-corrected chi connectivity index (χ2v) is 3.91. The van der Waals surface area contributed by atoms with Gasteiger partial charge in [0.2, 0.25) is 0 Å². The van der Waals surface area contributed by atoms with Gasteiger partial charge in [0, 0.05) is 18.4 Å². The van der Waals surface area contributed by atoms with Crippen molar-refractivity contribution in [2.75, 3.05) is 6.54 Å². The van der Waals surface area contributed by atoms with Gasteiger partial charge < -0.3 is 10.2 Å². The molecule has 1 saturated carbocycles. The molecule has 1 heterocycles. The Labute approximate surface area is 83.3 Å². The zero-order valence-electron chi connectivity index (χ0n) is 7.56. The Balaban J connectivity index is 2.18. The van der Waals surface area contributed by atoms with E-state index in [1.54, 1.807) is 0 Å². The minimum absolute atomic E-state index is 0.292. The zero-order chi connectivity index (χ0) is 11.4. The van der Waals surface area contributed by atoms with Crippen LogP contribution in [0.15, 0.2) is 0 Å². The molecule has 0 aromatic heterocycles. The lowest BCUT2D eigenvalue weighted by atomic mass is 10.0. The number of carboxylic acids is 1. The van der Waals surface area contributed by atoms with E-state index in [9.17, 15) is 18.4 Å². The van der Waals surface area contributed by atoms with E-state index in [-0.39, 0.29) is 13.0 Å². The third kappa shape index (κ3) is 1.33. The standard InChI is InChI=1S/C8H9F2NO4/c9-8(10)3-1-5(6(12)13)11(7(14)15)2-4(3)8/h3-5H,1-2H2,(H,12,13)(H,14,15). The van der Waals surface area contributed by atoms with E-state index in [0.29, 0.717) is 4.90 Å². The number of hydrogen-bond acceptors (Lipinski definition) is 2. The predicted octanol–water partition coefficient (Wildman–Crippen LogP) is 0.705. The number of hydrogen-bond donors (Lipinski definition) is 2. The van der Waals surface area contributed by atoms with Gasteiger partial charge in [-0.25, -0.2) is 18.4 Å². The molecule has 2 fully saturated rings. The summed E-state index contributed by atoms with van der Waals surface area (Å²) in [4.78, 5) is 21.9. The molecule has 2 N–H and O–H groups in total. The molecule has 0 aromatic carbocycles. The number of fused-ring (bicyclic) bond motifs is 1. The molecule has 1 aliphatic heterocycles. The highest BCUT2D eigenvalue weighted by Gasteiger charge is 2.71. The van der Waals surface area contributed by atoms with Crippen LogP contribution in [0.4, 0.5) is 13.6 Å². The van der Waals surface area contributed by atoms with Crippen molar-refractivity contribution in [3.8, 4) is 0 Å². The van der Waals surface area contributed by atoms with E-state index in [2.05, 4.69) is 0 Å². The Morgan fingerprint density at radius 2 is 1.87 bits per heavy atom. The fourth-order valence-corrected chi connectivity index (χ4v) is 2.18. The molecular weight excluding hydrogens is 212 g/mol. The van der Waals surface area contributed by atoms with Crippen molar-refractivity contribution in [2.45, 2.75) is 18.4 Å². The molecule has 0 spiro atoms. The van der Waals surface area contributed by atoms with Gasteiger partial charge in [-0.1, -0.05) is 0 Å². The van der Waals surface area contributed by atoms with Crippen molar-refractivity contribution in [2.24, 2.45) is 11.8 Å². The fraction of sp³-hybridized carbons (Fsp3) is 0.750. The third-order valence-corrected chi connectivity index (χ3v) is 3.14. The zero-order valence-corrected chi connectivity index (χ0v) is 7.56. The molecule has 84 valence electrons. The van der Waals surface area contributed by atoms with Crippen LogP contribution in [0.1, 0.15) is 6.42 Å². The van der Waals surface area contributed by atoms with Gasteiger partial charge in [-0.2, -0.15) is 0 Å². The maximum Gasteiger partial charge on any atom is 0.408 e. The maximum absolute atomic E-state index is 13.0. The van der Waals surface area contributed by atoms with Crippen LogP contribution in [-0.4, -0.2) is 45.7 Å². The minimum atomic E-state index is -2.89. The number of carboxylic acid groups (broad SMARTS) is 2. The van der Waals surface area contributed by atoms with E-state index >= 15 is 0 Å². The van der Waals surface area contributed by atoms with Crippen LogP contribution in [0, 0.1) is 11.8 Å². The molecule has 1 amide bonds. The van der Waals surface area contributed by atoms with Gasteiger partial charge >= 0.3 is 12.1 Å². The summed E-state index contributed by atoms with van der Waals surface area (Å²) in [7, 11) is 0. The predicted molar refractivity (Wildman–Crippen MR) is 42.7 cm³/mol. The van der Waals surface area contributed by atoms with Crippen molar-refractivity contribution in [3.63, 3.8) is 0 Å². The number of piperidine rings is 1. The first-order chi connectivity index (χ1) is 6.85. The van der Waals surface area contributed by atoms with Crippen molar-refractivity contribution >= 4 is 12.1 Å². The largest absolute Gasteiger partial charge is 0.480 e. The summed E-state index contributed by atoms with van der Waals surface area (Å²) >= 11 is 0. The van der Waals surface area contributed by atoms with Crippen LogP contribution in [-0.2, 0) is 4.79 Å².